The molecule has 98 valence electrons. The fraction of sp³-hybridized carbons (Fsp3) is 0.176. The summed E-state index contributed by atoms with van der Waals surface area (Å²) in [5.41, 5.74) is 3.76. The van der Waals surface area contributed by atoms with E-state index in [-0.39, 0.29) is 0 Å². The molecule has 0 fully saturated rings. The van der Waals surface area contributed by atoms with Crippen LogP contribution in [0.15, 0.2) is 36.4 Å². The second-order valence-electron chi connectivity index (χ2n) is 4.48. The van der Waals surface area contributed by atoms with Crippen molar-refractivity contribution in [2.24, 2.45) is 0 Å². The number of aryl methyl sites for hydroxylation is 1. The lowest BCUT2D eigenvalue weighted by Crippen LogP contribution is -2.03. The lowest BCUT2D eigenvalue weighted by Gasteiger charge is -2.12. The molecule has 2 aromatic carbocycles. The van der Waals surface area contributed by atoms with Gasteiger partial charge in [-0.1, -0.05) is 51.9 Å². The molecule has 0 heterocycles. The van der Waals surface area contributed by atoms with Gasteiger partial charge < -0.3 is 0 Å². The predicted molar refractivity (Wildman–Crippen MR) is 84.5 cm³/mol. The molecule has 3 heteroatoms. The molecule has 1 unspecified atom stereocenters. The third-order valence-corrected chi connectivity index (χ3v) is 4.39. The summed E-state index contributed by atoms with van der Waals surface area (Å²) >= 11 is 0. The molecule has 0 amide bonds. The van der Waals surface area contributed by atoms with Crippen LogP contribution in [0.25, 0.3) is 11.1 Å². The van der Waals surface area contributed by atoms with Gasteiger partial charge in [0.15, 0.2) is 0 Å². The van der Waals surface area contributed by atoms with Crippen LogP contribution in [0.5, 0.6) is 0 Å². The molecule has 0 bridgehead atoms. The number of nitrogens with zero attached hydrogens (tertiary/aromatic N) is 2. The van der Waals surface area contributed by atoms with Crippen molar-refractivity contribution in [1.29, 1.82) is 10.5 Å². The predicted octanol–water partition coefficient (Wildman–Crippen LogP) is 3.73. The van der Waals surface area contributed by atoms with Crippen molar-refractivity contribution >= 4 is 13.9 Å². The van der Waals surface area contributed by atoms with Crippen molar-refractivity contribution in [2.45, 2.75) is 13.8 Å². The van der Waals surface area contributed by atoms with Crippen molar-refractivity contribution in [3.05, 3.63) is 53.1 Å². The molecule has 0 saturated carbocycles. The van der Waals surface area contributed by atoms with Crippen molar-refractivity contribution in [1.82, 2.24) is 0 Å². The van der Waals surface area contributed by atoms with E-state index in [2.05, 4.69) is 25.1 Å². The Kier molecular flexibility index (Phi) is 4.52. The Balaban J connectivity index is 2.72. The molecule has 0 spiro atoms. The number of nitriles is 2. The highest BCUT2D eigenvalue weighted by Crippen LogP contribution is 2.29. The Hall–Kier alpha value is -2.15. The molecule has 0 aliphatic carbocycles. The third-order valence-electron chi connectivity index (χ3n) is 3.22. The van der Waals surface area contributed by atoms with E-state index < -0.39 is 0 Å². The summed E-state index contributed by atoms with van der Waals surface area (Å²) in [6.45, 7) is 4.01. The molecule has 2 aromatic rings. The first kappa shape index (κ1) is 14.3. The number of rotatable bonds is 3. The molecule has 2 nitrogen and oxygen atoms in total. The summed E-state index contributed by atoms with van der Waals surface area (Å²) in [6.07, 6.45) is 1.08. The van der Waals surface area contributed by atoms with E-state index >= 15 is 0 Å². The molecule has 0 N–H and O–H groups in total. The van der Waals surface area contributed by atoms with E-state index in [1.807, 2.05) is 37.3 Å². The Morgan fingerprint density at radius 1 is 0.950 bits per heavy atom. The minimum absolute atomic E-state index is 0.486. The summed E-state index contributed by atoms with van der Waals surface area (Å²) in [4.78, 5) is 0. The van der Waals surface area contributed by atoms with Gasteiger partial charge in [-0.15, -0.1) is 0 Å². The van der Waals surface area contributed by atoms with Crippen LogP contribution in [0.3, 0.4) is 0 Å². The maximum atomic E-state index is 9.44. The first-order chi connectivity index (χ1) is 9.72. The van der Waals surface area contributed by atoms with Gasteiger partial charge in [0.05, 0.1) is 11.1 Å². The molecule has 0 radical (unpaired) electrons. The first-order valence-corrected chi connectivity index (χ1v) is 7.70. The molecule has 0 saturated heterocycles. The van der Waals surface area contributed by atoms with Gasteiger partial charge >= 0.3 is 0 Å². The summed E-state index contributed by atoms with van der Waals surface area (Å²) in [5.74, 6) is 0. The maximum Gasteiger partial charge on any atom is 0.101 e. The minimum Gasteiger partial charge on any atom is -0.192 e. The summed E-state index contributed by atoms with van der Waals surface area (Å²) in [7, 11) is 0.712. The van der Waals surface area contributed by atoms with Crippen LogP contribution >= 0.6 is 8.58 Å². The van der Waals surface area contributed by atoms with Crippen LogP contribution in [0.2, 0.25) is 0 Å². The average Bonchev–Trinajstić information content (AvgIpc) is 2.48. The van der Waals surface area contributed by atoms with E-state index in [0.717, 1.165) is 22.9 Å². The standard InChI is InChI=1S/C17H15N2P/c1-3-20-17-7-5-4-6-14(17)13-9-8-12(2)15(10-18)16(13)11-19/h4-9,20H,3H2,1-2H3. The van der Waals surface area contributed by atoms with Crippen molar-refractivity contribution in [3.63, 3.8) is 0 Å². The SMILES string of the molecule is CCPc1ccccc1-c1ccc(C)c(C#N)c1C#N. The van der Waals surface area contributed by atoms with E-state index in [0.29, 0.717) is 19.7 Å². The monoisotopic (exact) mass is 278 g/mol. The fourth-order valence-corrected chi connectivity index (χ4v) is 3.26. The summed E-state index contributed by atoms with van der Waals surface area (Å²) in [6, 6.07) is 16.4. The highest BCUT2D eigenvalue weighted by Gasteiger charge is 2.14. The lowest BCUT2D eigenvalue weighted by molar-refractivity contribution is 1.36. The Morgan fingerprint density at radius 2 is 1.65 bits per heavy atom. The largest absolute Gasteiger partial charge is 0.192 e. The molecule has 20 heavy (non-hydrogen) atoms. The Labute approximate surface area is 121 Å². The van der Waals surface area contributed by atoms with E-state index in [4.69, 9.17) is 0 Å². The van der Waals surface area contributed by atoms with E-state index in [9.17, 15) is 10.5 Å². The van der Waals surface area contributed by atoms with Crippen LogP contribution in [-0.2, 0) is 0 Å². The first-order valence-electron chi connectivity index (χ1n) is 6.50. The highest BCUT2D eigenvalue weighted by molar-refractivity contribution is 7.47. The van der Waals surface area contributed by atoms with Crippen molar-refractivity contribution in [2.75, 3.05) is 6.16 Å². The third kappa shape index (κ3) is 2.57. The Morgan fingerprint density at radius 3 is 2.30 bits per heavy atom. The minimum atomic E-state index is 0.486. The van der Waals surface area contributed by atoms with Gasteiger partial charge in [0.1, 0.15) is 12.1 Å². The van der Waals surface area contributed by atoms with Crippen LogP contribution < -0.4 is 5.30 Å². The molecule has 1 atom stereocenters. The van der Waals surface area contributed by atoms with Gasteiger partial charge in [-0.25, -0.2) is 0 Å². The zero-order valence-electron chi connectivity index (χ0n) is 11.6. The molecular weight excluding hydrogens is 263 g/mol. The zero-order valence-corrected chi connectivity index (χ0v) is 12.6. The lowest BCUT2D eigenvalue weighted by atomic mass is 9.93. The van der Waals surface area contributed by atoms with Gasteiger partial charge in [-0.2, -0.15) is 10.5 Å². The average molecular weight is 278 g/mol. The van der Waals surface area contributed by atoms with Gasteiger partial charge in [0.2, 0.25) is 0 Å². The van der Waals surface area contributed by atoms with Gasteiger partial charge in [0, 0.05) is 5.56 Å². The topological polar surface area (TPSA) is 47.6 Å². The smallest absolute Gasteiger partial charge is 0.101 e. The molecule has 2 rings (SSSR count). The number of benzene rings is 2. The van der Waals surface area contributed by atoms with Gasteiger partial charge in [0.25, 0.3) is 0 Å². The quantitative estimate of drug-likeness (QED) is 0.803. The summed E-state index contributed by atoms with van der Waals surface area (Å²) in [5, 5.41) is 20.0. The highest BCUT2D eigenvalue weighted by atomic mass is 31.1. The number of hydrogen-bond donors (Lipinski definition) is 0. The van der Waals surface area contributed by atoms with Crippen LogP contribution in [0, 0.1) is 29.6 Å². The molecule has 0 aliphatic heterocycles. The molecule has 0 aliphatic rings. The van der Waals surface area contributed by atoms with Crippen LogP contribution in [0.1, 0.15) is 23.6 Å². The summed E-state index contributed by atoms with van der Waals surface area (Å²) < 4.78 is 0. The second kappa shape index (κ2) is 6.33. The van der Waals surface area contributed by atoms with Gasteiger partial charge in [-0.05, 0) is 29.5 Å². The normalized spacial score (nSPS) is 10.4. The van der Waals surface area contributed by atoms with E-state index in [1.54, 1.807) is 0 Å². The fourth-order valence-electron chi connectivity index (χ4n) is 2.25. The van der Waals surface area contributed by atoms with Crippen molar-refractivity contribution < 1.29 is 0 Å². The van der Waals surface area contributed by atoms with Crippen molar-refractivity contribution in [3.8, 4) is 23.3 Å². The van der Waals surface area contributed by atoms with Gasteiger partial charge in [-0.3, -0.25) is 0 Å². The number of hydrogen-bond acceptors (Lipinski definition) is 2. The van der Waals surface area contributed by atoms with E-state index in [1.165, 1.54) is 5.30 Å². The Bertz CT molecular complexity index is 721. The second-order valence-corrected chi connectivity index (χ2v) is 6.08. The molecular formula is C17H15N2P. The van der Waals surface area contributed by atoms with Crippen LogP contribution in [-0.4, -0.2) is 6.16 Å². The maximum absolute atomic E-state index is 9.44. The zero-order chi connectivity index (χ0) is 14.5. The molecule has 0 aromatic heterocycles. The van der Waals surface area contributed by atoms with Crippen LogP contribution in [0.4, 0.5) is 0 Å².